The second-order valence-corrected chi connectivity index (χ2v) is 7.41. The predicted octanol–water partition coefficient (Wildman–Crippen LogP) is 3.81. The molecule has 1 aromatic carbocycles. The third-order valence-electron chi connectivity index (χ3n) is 4.15. The maximum Gasteiger partial charge on any atom is 0.257 e. The highest BCUT2D eigenvalue weighted by molar-refractivity contribution is 7.20. The van der Waals surface area contributed by atoms with Gasteiger partial charge < -0.3 is 9.88 Å². The van der Waals surface area contributed by atoms with Gasteiger partial charge in [-0.3, -0.25) is 14.4 Å². The normalized spacial score (nSPS) is 10.5. The molecule has 0 saturated heterocycles. The molecule has 3 rings (SSSR count). The second kappa shape index (κ2) is 8.26. The molecule has 0 unspecified atom stereocenters. The molecule has 0 radical (unpaired) electrons. The molecule has 8 nitrogen and oxygen atoms in total. The average Bonchev–Trinajstić information content (AvgIpc) is 3.08. The van der Waals surface area contributed by atoms with Crippen LogP contribution in [0.25, 0.3) is 20.7 Å². The molecule has 10 heteroatoms. The molecule has 0 fully saturated rings. The van der Waals surface area contributed by atoms with Crippen molar-refractivity contribution in [3.8, 4) is 0 Å². The molecule has 2 heterocycles. The van der Waals surface area contributed by atoms with Crippen LogP contribution in [0.5, 0.6) is 0 Å². The zero-order valence-electron chi connectivity index (χ0n) is 14.7. The first kappa shape index (κ1) is 19.6. The lowest BCUT2D eigenvalue weighted by Crippen LogP contribution is -2.29. The number of hydrogen-bond acceptors (Lipinski definition) is 5. The van der Waals surface area contributed by atoms with Gasteiger partial charge in [0.05, 0.1) is 21.6 Å². The summed E-state index contributed by atoms with van der Waals surface area (Å²) in [6, 6.07) is 6.99. The molecule has 0 aliphatic carbocycles. The molecule has 0 aliphatic heterocycles. The van der Waals surface area contributed by atoms with Gasteiger partial charge in [-0.05, 0) is 23.2 Å². The van der Waals surface area contributed by atoms with Gasteiger partial charge in [-0.2, -0.15) is 0 Å². The van der Waals surface area contributed by atoms with Crippen LogP contribution in [0.15, 0.2) is 40.4 Å². The molecule has 0 spiro atoms. The molecule has 1 N–H and O–H groups in total. The summed E-state index contributed by atoms with van der Waals surface area (Å²) >= 11 is 6.82. The van der Waals surface area contributed by atoms with E-state index in [9.17, 15) is 14.4 Å². The van der Waals surface area contributed by atoms with Gasteiger partial charge in [-0.25, -0.2) is 0 Å². The number of thiophene rings is 1. The summed E-state index contributed by atoms with van der Waals surface area (Å²) in [6.45, 7) is 0.184. The van der Waals surface area contributed by atoms with E-state index in [1.165, 1.54) is 6.20 Å². The number of amides is 1. The maximum atomic E-state index is 12.8. The standard InChI is InChI=1S/C18H14ClN5O3S/c1-24-8-13(18(27)21-6-10-2-4-11(19)5-3-10)16(26)17-15(24)12(7-22-23-20)14(9-25)28-17/h2-5,8-9H,6-7H2,1H3,(H,21,27). The summed E-state index contributed by atoms with van der Waals surface area (Å²) in [5.74, 6) is -0.518. The molecule has 0 saturated carbocycles. The van der Waals surface area contributed by atoms with Crippen molar-refractivity contribution in [2.75, 3.05) is 0 Å². The van der Waals surface area contributed by atoms with Crippen LogP contribution >= 0.6 is 22.9 Å². The highest BCUT2D eigenvalue weighted by Gasteiger charge is 2.20. The number of nitrogens with one attached hydrogen (secondary N) is 1. The van der Waals surface area contributed by atoms with Crippen molar-refractivity contribution in [1.29, 1.82) is 0 Å². The Morgan fingerprint density at radius 3 is 2.75 bits per heavy atom. The van der Waals surface area contributed by atoms with Crippen LogP contribution in [0.4, 0.5) is 0 Å². The summed E-state index contributed by atoms with van der Waals surface area (Å²) in [4.78, 5) is 39.7. The number of aldehydes is 1. The first-order chi connectivity index (χ1) is 13.5. The van der Waals surface area contributed by atoms with Crippen LogP contribution in [0.3, 0.4) is 0 Å². The van der Waals surface area contributed by atoms with Crippen molar-refractivity contribution in [3.63, 3.8) is 0 Å². The molecule has 1 amide bonds. The van der Waals surface area contributed by atoms with Gasteiger partial charge in [-0.1, -0.05) is 28.8 Å². The van der Waals surface area contributed by atoms with Crippen LogP contribution in [-0.4, -0.2) is 16.8 Å². The number of aromatic nitrogens is 1. The van der Waals surface area contributed by atoms with Gasteiger partial charge in [0.25, 0.3) is 5.91 Å². The van der Waals surface area contributed by atoms with Crippen molar-refractivity contribution in [1.82, 2.24) is 9.88 Å². The van der Waals surface area contributed by atoms with E-state index in [0.29, 0.717) is 27.3 Å². The van der Waals surface area contributed by atoms with Crippen molar-refractivity contribution >= 4 is 45.3 Å². The van der Waals surface area contributed by atoms with E-state index < -0.39 is 11.3 Å². The molecule has 0 aliphatic rings. The lowest BCUT2D eigenvalue weighted by atomic mass is 10.1. The number of fused-ring (bicyclic) bond motifs is 1. The van der Waals surface area contributed by atoms with Crippen LogP contribution < -0.4 is 10.7 Å². The van der Waals surface area contributed by atoms with Gasteiger partial charge in [0, 0.05) is 35.3 Å². The van der Waals surface area contributed by atoms with Gasteiger partial charge in [0.1, 0.15) is 5.56 Å². The Bertz CT molecular complexity index is 1180. The molecule has 0 bridgehead atoms. The molecule has 2 aromatic heterocycles. The minimum Gasteiger partial charge on any atom is -0.349 e. The summed E-state index contributed by atoms with van der Waals surface area (Å²) in [7, 11) is 1.67. The van der Waals surface area contributed by atoms with Crippen LogP contribution in [-0.2, 0) is 20.1 Å². The molecular weight excluding hydrogens is 402 g/mol. The zero-order valence-corrected chi connectivity index (χ0v) is 16.3. The minimum absolute atomic E-state index is 0.0296. The Hall–Kier alpha value is -3.13. The third-order valence-corrected chi connectivity index (χ3v) is 5.54. The quantitative estimate of drug-likeness (QED) is 0.285. The number of halogens is 1. The summed E-state index contributed by atoms with van der Waals surface area (Å²) in [5.41, 5.74) is 9.85. The fourth-order valence-electron chi connectivity index (χ4n) is 2.83. The number of rotatable bonds is 6. The first-order valence-corrected chi connectivity index (χ1v) is 9.29. The summed E-state index contributed by atoms with van der Waals surface area (Å²) in [6.07, 6.45) is 2.04. The van der Waals surface area contributed by atoms with Crippen molar-refractivity contribution in [2.24, 2.45) is 12.2 Å². The van der Waals surface area contributed by atoms with E-state index in [-0.39, 0.29) is 23.4 Å². The predicted molar refractivity (Wildman–Crippen MR) is 108 cm³/mol. The molecule has 0 atom stereocenters. The summed E-state index contributed by atoms with van der Waals surface area (Å²) < 4.78 is 1.87. The third kappa shape index (κ3) is 3.77. The Morgan fingerprint density at radius 1 is 1.39 bits per heavy atom. The molecular formula is C18H14ClN5O3S. The first-order valence-electron chi connectivity index (χ1n) is 8.10. The zero-order chi connectivity index (χ0) is 20.3. The molecule has 28 heavy (non-hydrogen) atoms. The van der Waals surface area contributed by atoms with Gasteiger partial charge in [-0.15, -0.1) is 11.3 Å². The van der Waals surface area contributed by atoms with Gasteiger partial charge in [0.2, 0.25) is 5.43 Å². The summed E-state index contributed by atoms with van der Waals surface area (Å²) in [5, 5.41) is 6.80. The number of azide groups is 1. The Labute approximate surface area is 168 Å². The Kier molecular flexibility index (Phi) is 5.79. The van der Waals surface area contributed by atoms with E-state index in [2.05, 4.69) is 15.3 Å². The van der Waals surface area contributed by atoms with Crippen LogP contribution in [0, 0.1) is 0 Å². The minimum atomic E-state index is -0.518. The fraction of sp³-hybridized carbons (Fsp3) is 0.167. The average molecular weight is 416 g/mol. The highest BCUT2D eigenvalue weighted by atomic mass is 35.5. The Balaban J connectivity index is 1.98. The van der Waals surface area contributed by atoms with E-state index in [1.54, 1.807) is 35.9 Å². The maximum absolute atomic E-state index is 12.8. The van der Waals surface area contributed by atoms with E-state index >= 15 is 0 Å². The largest absolute Gasteiger partial charge is 0.349 e. The second-order valence-electron chi connectivity index (χ2n) is 5.92. The highest BCUT2D eigenvalue weighted by Crippen LogP contribution is 2.29. The number of pyridine rings is 1. The number of aryl methyl sites for hydroxylation is 1. The lowest BCUT2D eigenvalue weighted by Gasteiger charge is -2.09. The van der Waals surface area contributed by atoms with Crippen LogP contribution in [0.2, 0.25) is 5.02 Å². The van der Waals surface area contributed by atoms with Gasteiger partial charge in [0.15, 0.2) is 6.29 Å². The van der Waals surface area contributed by atoms with E-state index in [1.807, 2.05) is 0 Å². The van der Waals surface area contributed by atoms with Gasteiger partial charge >= 0.3 is 0 Å². The smallest absolute Gasteiger partial charge is 0.257 e. The number of carbonyl (C=O) groups excluding carboxylic acids is 2. The number of nitrogens with zero attached hydrogens (tertiary/aromatic N) is 4. The SMILES string of the molecule is Cn1cc(C(=O)NCc2ccc(Cl)cc2)c(=O)c2sc(C=O)c(CN=[N+]=[N-])c21. The number of hydrogen-bond donors (Lipinski definition) is 1. The van der Waals surface area contributed by atoms with E-state index in [0.717, 1.165) is 16.9 Å². The monoisotopic (exact) mass is 415 g/mol. The number of carbonyl (C=O) groups is 2. The van der Waals surface area contributed by atoms with Crippen molar-refractivity contribution in [3.05, 3.63) is 77.7 Å². The lowest BCUT2D eigenvalue weighted by molar-refractivity contribution is 0.0949. The topological polar surface area (TPSA) is 117 Å². The van der Waals surface area contributed by atoms with Crippen LogP contribution in [0.1, 0.15) is 31.2 Å². The number of benzene rings is 1. The van der Waals surface area contributed by atoms with E-state index in [4.69, 9.17) is 17.1 Å². The molecule has 142 valence electrons. The fourth-order valence-corrected chi connectivity index (χ4v) is 4.08. The van der Waals surface area contributed by atoms with Crippen molar-refractivity contribution in [2.45, 2.75) is 13.1 Å². The molecule has 3 aromatic rings. The van der Waals surface area contributed by atoms with Crippen molar-refractivity contribution < 1.29 is 9.59 Å². The Morgan fingerprint density at radius 2 is 2.11 bits per heavy atom.